The summed E-state index contributed by atoms with van der Waals surface area (Å²) in [6.45, 7) is -0.0743. The zero-order valence-corrected chi connectivity index (χ0v) is 9.82. The van der Waals surface area contributed by atoms with Gasteiger partial charge in [0.2, 0.25) is 0 Å². The predicted octanol–water partition coefficient (Wildman–Crippen LogP) is 1.72. The molecule has 0 aromatic heterocycles. The van der Waals surface area contributed by atoms with E-state index in [1.165, 1.54) is 11.9 Å². The number of halogens is 2. The third kappa shape index (κ3) is 4.01. The van der Waals surface area contributed by atoms with Gasteiger partial charge >= 0.3 is 0 Å². The van der Waals surface area contributed by atoms with Crippen LogP contribution in [-0.4, -0.2) is 31.0 Å². The van der Waals surface area contributed by atoms with Crippen LogP contribution in [0.2, 0.25) is 0 Å². The molecule has 0 atom stereocenters. The summed E-state index contributed by atoms with van der Waals surface area (Å²) in [6.07, 6.45) is 0.215. The molecule has 0 fully saturated rings. The molecule has 0 saturated heterocycles. The Morgan fingerprint density at radius 2 is 2.22 bits per heavy atom. The largest absolute Gasteiger partial charge is 0.481 e. The second-order valence-corrected chi connectivity index (χ2v) is 3.59. The zero-order chi connectivity index (χ0) is 13.5. The number of hydrogen-bond acceptors (Lipinski definition) is 3. The first-order chi connectivity index (χ1) is 8.54. The van der Waals surface area contributed by atoms with Crippen LogP contribution < -0.4 is 4.74 Å². The number of rotatable bonds is 5. The summed E-state index contributed by atoms with van der Waals surface area (Å²) in [5.41, 5.74) is 0. The van der Waals surface area contributed by atoms with Gasteiger partial charge in [0.15, 0.2) is 18.2 Å². The van der Waals surface area contributed by atoms with Crippen molar-refractivity contribution >= 4 is 5.91 Å². The van der Waals surface area contributed by atoms with E-state index in [1.807, 2.05) is 6.07 Å². The molecule has 6 heteroatoms. The van der Waals surface area contributed by atoms with Crippen molar-refractivity contribution < 1.29 is 18.3 Å². The lowest BCUT2D eigenvalue weighted by Gasteiger charge is -2.15. The van der Waals surface area contributed by atoms with Gasteiger partial charge < -0.3 is 9.64 Å². The van der Waals surface area contributed by atoms with Crippen LogP contribution in [-0.2, 0) is 4.79 Å². The van der Waals surface area contributed by atoms with Gasteiger partial charge in [-0.2, -0.15) is 5.26 Å². The van der Waals surface area contributed by atoms with E-state index in [2.05, 4.69) is 0 Å². The molecule has 1 amide bonds. The monoisotopic (exact) mass is 254 g/mol. The van der Waals surface area contributed by atoms with Gasteiger partial charge in [-0.1, -0.05) is 0 Å². The number of amides is 1. The van der Waals surface area contributed by atoms with E-state index in [9.17, 15) is 13.6 Å². The van der Waals surface area contributed by atoms with Crippen LogP contribution in [0.5, 0.6) is 5.75 Å². The van der Waals surface area contributed by atoms with E-state index in [4.69, 9.17) is 10.00 Å². The van der Waals surface area contributed by atoms with Crippen molar-refractivity contribution in [3.63, 3.8) is 0 Å². The highest BCUT2D eigenvalue weighted by Crippen LogP contribution is 2.17. The number of hydrogen-bond donors (Lipinski definition) is 0. The highest BCUT2D eigenvalue weighted by molar-refractivity contribution is 5.77. The van der Waals surface area contributed by atoms with Crippen LogP contribution in [0.15, 0.2) is 18.2 Å². The fraction of sp³-hybridized carbons (Fsp3) is 0.333. The Morgan fingerprint density at radius 3 is 2.83 bits per heavy atom. The molecule has 0 N–H and O–H groups in total. The summed E-state index contributed by atoms with van der Waals surface area (Å²) in [6, 6.07) is 4.75. The molecule has 0 heterocycles. The molecule has 96 valence electrons. The molecule has 0 aliphatic rings. The van der Waals surface area contributed by atoms with Crippen molar-refractivity contribution in [2.45, 2.75) is 6.42 Å². The Balaban J connectivity index is 2.50. The first-order valence-corrected chi connectivity index (χ1v) is 5.23. The third-order valence-electron chi connectivity index (χ3n) is 2.23. The van der Waals surface area contributed by atoms with Gasteiger partial charge in [-0.25, -0.2) is 8.78 Å². The first-order valence-electron chi connectivity index (χ1n) is 5.23. The summed E-state index contributed by atoms with van der Waals surface area (Å²) in [5, 5.41) is 8.36. The molecule has 0 saturated carbocycles. The molecule has 0 spiro atoms. The van der Waals surface area contributed by atoms with Crippen LogP contribution in [0.3, 0.4) is 0 Å². The number of nitrogens with zero attached hydrogens (tertiary/aromatic N) is 2. The number of benzene rings is 1. The number of carbonyl (C=O) groups is 1. The fourth-order valence-electron chi connectivity index (χ4n) is 1.18. The van der Waals surface area contributed by atoms with Crippen molar-refractivity contribution in [2.24, 2.45) is 0 Å². The molecular formula is C12H12F2N2O2. The lowest BCUT2D eigenvalue weighted by Crippen LogP contribution is -2.32. The quantitative estimate of drug-likeness (QED) is 0.803. The summed E-state index contributed by atoms with van der Waals surface area (Å²) in [7, 11) is 1.52. The van der Waals surface area contributed by atoms with Crippen molar-refractivity contribution in [1.82, 2.24) is 4.90 Å². The lowest BCUT2D eigenvalue weighted by atomic mass is 10.3. The molecule has 0 bridgehead atoms. The Kier molecular flexibility index (Phi) is 5.06. The minimum Gasteiger partial charge on any atom is -0.481 e. The van der Waals surface area contributed by atoms with E-state index in [0.29, 0.717) is 6.07 Å². The maximum absolute atomic E-state index is 13.2. The summed E-state index contributed by atoms with van der Waals surface area (Å²) >= 11 is 0. The average molecular weight is 254 g/mol. The minimum atomic E-state index is -0.859. The van der Waals surface area contributed by atoms with Crippen molar-refractivity contribution in [3.8, 4) is 11.8 Å². The van der Waals surface area contributed by atoms with Crippen LogP contribution in [0.25, 0.3) is 0 Å². The van der Waals surface area contributed by atoms with Crippen LogP contribution in [0.4, 0.5) is 8.78 Å². The summed E-state index contributed by atoms with van der Waals surface area (Å²) in [4.78, 5) is 12.8. The van der Waals surface area contributed by atoms with Gasteiger partial charge in [-0.15, -0.1) is 0 Å². The summed E-state index contributed by atoms with van der Waals surface area (Å²) < 4.78 is 30.7. The normalized spacial score (nSPS) is 9.67. The van der Waals surface area contributed by atoms with Crippen molar-refractivity contribution in [2.75, 3.05) is 20.2 Å². The maximum Gasteiger partial charge on any atom is 0.260 e. The summed E-state index contributed by atoms with van der Waals surface area (Å²) in [5.74, 6) is -2.13. The fourth-order valence-corrected chi connectivity index (χ4v) is 1.18. The smallest absolute Gasteiger partial charge is 0.260 e. The maximum atomic E-state index is 13.2. The molecule has 0 radical (unpaired) electrons. The van der Waals surface area contributed by atoms with Gasteiger partial charge in [0.1, 0.15) is 5.82 Å². The van der Waals surface area contributed by atoms with Gasteiger partial charge in [0, 0.05) is 19.7 Å². The van der Waals surface area contributed by atoms with Crippen LogP contribution in [0, 0.1) is 23.0 Å². The van der Waals surface area contributed by atoms with Crippen LogP contribution in [0.1, 0.15) is 6.42 Å². The Hall–Kier alpha value is -2.16. The van der Waals surface area contributed by atoms with Crippen molar-refractivity contribution in [3.05, 3.63) is 29.8 Å². The molecule has 0 unspecified atom stereocenters. The molecule has 4 nitrogen and oxygen atoms in total. The third-order valence-corrected chi connectivity index (χ3v) is 2.23. The number of ether oxygens (including phenoxy) is 1. The predicted molar refractivity (Wildman–Crippen MR) is 59.7 cm³/mol. The second kappa shape index (κ2) is 6.55. The van der Waals surface area contributed by atoms with Gasteiger partial charge in [-0.05, 0) is 12.1 Å². The van der Waals surface area contributed by atoms with E-state index in [1.54, 1.807) is 0 Å². The number of carbonyl (C=O) groups excluding carboxylic acids is 1. The van der Waals surface area contributed by atoms with Gasteiger partial charge in [0.25, 0.3) is 5.91 Å². The standard InChI is InChI=1S/C12H12F2N2O2/c1-16(6-2-5-15)12(17)8-18-11-4-3-9(13)7-10(11)14/h3-4,7H,2,6,8H2,1H3. The molecule has 18 heavy (non-hydrogen) atoms. The van der Waals surface area contributed by atoms with E-state index < -0.39 is 11.6 Å². The van der Waals surface area contributed by atoms with Gasteiger partial charge in [-0.3, -0.25) is 4.79 Å². The molecule has 1 aromatic carbocycles. The Labute approximate surface area is 103 Å². The number of likely N-dealkylation sites (N-methyl/N-ethyl adjacent to an activating group) is 1. The molecular weight excluding hydrogens is 242 g/mol. The minimum absolute atomic E-state index is 0.182. The molecule has 0 aliphatic carbocycles. The zero-order valence-electron chi connectivity index (χ0n) is 9.82. The van der Waals surface area contributed by atoms with E-state index in [0.717, 1.165) is 12.1 Å². The van der Waals surface area contributed by atoms with Crippen molar-refractivity contribution in [1.29, 1.82) is 5.26 Å². The SMILES string of the molecule is CN(CCC#N)C(=O)COc1ccc(F)cc1F. The number of nitriles is 1. The molecule has 1 rings (SSSR count). The second-order valence-electron chi connectivity index (χ2n) is 3.59. The Bertz CT molecular complexity index is 472. The van der Waals surface area contributed by atoms with Crippen LogP contribution >= 0.6 is 0 Å². The molecule has 0 aliphatic heterocycles. The molecule has 1 aromatic rings. The van der Waals surface area contributed by atoms with E-state index in [-0.39, 0.29) is 31.2 Å². The highest BCUT2D eigenvalue weighted by Gasteiger charge is 2.11. The van der Waals surface area contributed by atoms with E-state index >= 15 is 0 Å². The lowest BCUT2D eigenvalue weighted by molar-refractivity contribution is -0.132. The highest BCUT2D eigenvalue weighted by atomic mass is 19.1. The van der Waals surface area contributed by atoms with Gasteiger partial charge in [0.05, 0.1) is 12.5 Å². The topological polar surface area (TPSA) is 53.3 Å². The Morgan fingerprint density at radius 1 is 1.50 bits per heavy atom. The first kappa shape index (κ1) is 13.9. The average Bonchev–Trinajstić information content (AvgIpc) is 2.34.